The molecule has 41 heavy (non-hydrogen) atoms. The standard InChI is InChI=1S/C24H26F11NO5/c1-7-36-14(37)8(2)9(15(36)38)10-11(18(6,24(33,34)35)16(39)41-17(3,4)5)13-20(26)19(25,12(10)40-13)21(27,28)23(31,32)22(20,29)30/h10-13,37-38H,7H2,1-6H3. The third kappa shape index (κ3) is 3.16. The SMILES string of the molecule is CCn1c(O)c(C)c(C2C(C(C)(C(=O)OC(C)(C)C)C(F)(F)F)C3OC2C2(F)C(F)(F)C(F)(F)C(F)(F)C32F)c1O. The van der Waals surface area contributed by atoms with E-state index in [0.29, 0.717) is 4.57 Å². The molecule has 1 aromatic rings. The molecule has 2 N–H and O–H groups in total. The van der Waals surface area contributed by atoms with E-state index in [9.17, 15) is 54.5 Å². The van der Waals surface area contributed by atoms with Gasteiger partial charge in [0.05, 0.1) is 0 Å². The highest BCUT2D eigenvalue weighted by molar-refractivity contribution is 5.79. The maximum atomic E-state index is 16.3. The monoisotopic (exact) mass is 617 g/mol. The molecule has 4 rings (SSSR count). The Bertz CT molecular complexity index is 1290. The summed E-state index contributed by atoms with van der Waals surface area (Å²) in [5.74, 6) is -30.3. The average Bonchev–Trinajstić information content (AvgIpc) is 3.39. The van der Waals surface area contributed by atoms with E-state index >= 15 is 8.78 Å². The third-order valence-electron chi connectivity index (χ3n) is 8.57. The summed E-state index contributed by atoms with van der Waals surface area (Å²) in [4.78, 5) is 13.1. The molecule has 0 amide bonds. The van der Waals surface area contributed by atoms with Crippen molar-refractivity contribution >= 4 is 5.97 Å². The zero-order chi connectivity index (χ0) is 31.9. The van der Waals surface area contributed by atoms with Crippen molar-refractivity contribution in [1.29, 1.82) is 0 Å². The summed E-state index contributed by atoms with van der Waals surface area (Å²) < 4.78 is 176. The Labute approximate surface area is 225 Å². The molecule has 1 saturated carbocycles. The van der Waals surface area contributed by atoms with Crippen LogP contribution in [0, 0.1) is 18.3 Å². The first-order valence-corrected chi connectivity index (χ1v) is 12.2. The summed E-state index contributed by atoms with van der Waals surface area (Å²) in [6, 6.07) is 0. The van der Waals surface area contributed by atoms with Crippen molar-refractivity contribution in [3.05, 3.63) is 11.1 Å². The highest BCUT2D eigenvalue weighted by Crippen LogP contribution is 2.80. The number of nitrogens with zero attached hydrogens (tertiary/aromatic N) is 1. The summed E-state index contributed by atoms with van der Waals surface area (Å²) in [7, 11) is 0. The lowest BCUT2D eigenvalue weighted by molar-refractivity contribution is -0.307. The Morgan fingerprint density at radius 3 is 1.73 bits per heavy atom. The number of rotatable bonds is 4. The van der Waals surface area contributed by atoms with E-state index in [1.807, 2.05) is 0 Å². The molecule has 0 aromatic carbocycles. The number of alkyl halides is 11. The van der Waals surface area contributed by atoms with E-state index in [1.54, 1.807) is 0 Å². The van der Waals surface area contributed by atoms with Gasteiger partial charge in [0, 0.05) is 29.5 Å². The Morgan fingerprint density at radius 1 is 0.878 bits per heavy atom. The molecule has 3 heterocycles. The minimum atomic E-state index is -6.77. The average molecular weight is 617 g/mol. The number of fused-ring (bicyclic) bond motifs is 5. The van der Waals surface area contributed by atoms with Gasteiger partial charge in [0.25, 0.3) is 0 Å². The summed E-state index contributed by atoms with van der Waals surface area (Å²) in [6.45, 7) is 5.17. The molecule has 0 radical (unpaired) electrons. The van der Waals surface area contributed by atoms with E-state index in [0.717, 1.165) is 27.7 Å². The van der Waals surface area contributed by atoms with Crippen LogP contribution in [0.4, 0.5) is 48.3 Å². The van der Waals surface area contributed by atoms with Gasteiger partial charge in [-0.2, -0.15) is 39.5 Å². The molecule has 7 atom stereocenters. The maximum Gasteiger partial charge on any atom is 0.405 e. The predicted octanol–water partition coefficient (Wildman–Crippen LogP) is 5.95. The fraction of sp³-hybridized carbons (Fsp3) is 0.792. The number of carbonyl (C=O) groups is 1. The van der Waals surface area contributed by atoms with Crippen LogP contribution in [0.15, 0.2) is 0 Å². The molecule has 2 aliphatic heterocycles. The van der Waals surface area contributed by atoms with Gasteiger partial charge in [-0.15, -0.1) is 0 Å². The number of aromatic hydroxyl groups is 2. The molecule has 2 saturated heterocycles. The summed E-state index contributed by atoms with van der Waals surface area (Å²) in [5.41, 5.74) is -19.0. The van der Waals surface area contributed by atoms with Gasteiger partial charge in [0.2, 0.25) is 11.3 Å². The molecule has 2 bridgehead atoms. The van der Waals surface area contributed by atoms with E-state index < -0.39 is 99.2 Å². The second kappa shape index (κ2) is 8.13. The third-order valence-corrected chi connectivity index (χ3v) is 8.57. The predicted molar refractivity (Wildman–Crippen MR) is 116 cm³/mol. The number of hydrogen-bond donors (Lipinski definition) is 2. The van der Waals surface area contributed by atoms with E-state index in [4.69, 9.17) is 9.47 Å². The molecule has 6 nitrogen and oxygen atoms in total. The minimum Gasteiger partial charge on any atom is -0.494 e. The molecule has 3 fully saturated rings. The molecular weight excluding hydrogens is 591 g/mol. The van der Waals surface area contributed by atoms with Crippen molar-refractivity contribution in [2.24, 2.45) is 11.3 Å². The van der Waals surface area contributed by atoms with Crippen molar-refractivity contribution in [2.75, 3.05) is 0 Å². The van der Waals surface area contributed by atoms with Gasteiger partial charge in [0.1, 0.15) is 17.8 Å². The van der Waals surface area contributed by atoms with Gasteiger partial charge in [-0.05, 0) is 41.5 Å². The largest absolute Gasteiger partial charge is 0.494 e. The van der Waals surface area contributed by atoms with Crippen LogP contribution >= 0.6 is 0 Å². The Hall–Kier alpha value is -2.46. The maximum absolute atomic E-state index is 16.3. The normalized spacial score (nSPS) is 36.7. The lowest BCUT2D eigenvalue weighted by atomic mass is 9.55. The van der Waals surface area contributed by atoms with Crippen molar-refractivity contribution in [1.82, 2.24) is 4.57 Å². The second-order valence-electron chi connectivity index (χ2n) is 11.8. The quantitative estimate of drug-likeness (QED) is 0.322. The van der Waals surface area contributed by atoms with Crippen LogP contribution in [0.2, 0.25) is 0 Å². The Kier molecular flexibility index (Phi) is 6.24. The van der Waals surface area contributed by atoms with E-state index in [2.05, 4.69) is 0 Å². The Morgan fingerprint density at radius 2 is 1.34 bits per heavy atom. The molecule has 7 unspecified atom stereocenters. The fourth-order valence-corrected chi connectivity index (χ4v) is 6.52. The number of esters is 1. The molecule has 1 aliphatic carbocycles. The number of aromatic nitrogens is 1. The van der Waals surface area contributed by atoms with Gasteiger partial charge in [-0.3, -0.25) is 9.36 Å². The first-order chi connectivity index (χ1) is 18.2. The van der Waals surface area contributed by atoms with Gasteiger partial charge in [-0.25, -0.2) is 8.78 Å². The molecule has 17 heteroatoms. The number of ether oxygens (including phenoxy) is 2. The van der Waals surface area contributed by atoms with Crippen molar-refractivity contribution in [2.45, 2.75) is 107 Å². The molecule has 234 valence electrons. The first-order valence-electron chi connectivity index (χ1n) is 12.2. The second-order valence-corrected chi connectivity index (χ2v) is 11.8. The van der Waals surface area contributed by atoms with Crippen LogP contribution in [0.1, 0.15) is 51.7 Å². The summed E-state index contributed by atoms with van der Waals surface area (Å²) >= 11 is 0. The van der Waals surface area contributed by atoms with Crippen LogP contribution in [0.3, 0.4) is 0 Å². The van der Waals surface area contributed by atoms with Crippen LogP contribution in [0.25, 0.3) is 0 Å². The molecule has 3 aliphatic rings. The van der Waals surface area contributed by atoms with Crippen LogP contribution < -0.4 is 0 Å². The highest BCUT2D eigenvalue weighted by Gasteiger charge is 3.06. The van der Waals surface area contributed by atoms with Gasteiger partial charge in [-0.1, -0.05) is 0 Å². The van der Waals surface area contributed by atoms with Crippen LogP contribution in [-0.2, 0) is 20.8 Å². The van der Waals surface area contributed by atoms with Gasteiger partial charge >= 0.3 is 29.9 Å². The van der Waals surface area contributed by atoms with Gasteiger partial charge < -0.3 is 19.7 Å². The van der Waals surface area contributed by atoms with Crippen LogP contribution in [0.5, 0.6) is 11.8 Å². The smallest absolute Gasteiger partial charge is 0.405 e. The lowest BCUT2D eigenvalue weighted by Gasteiger charge is -2.49. The lowest BCUT2D eigenvalue weighted by Crippen LogP contribution is -2.70. The minimum absolute atomic E-state index is 0.0263. The zero-order valence-electron chi connectivity index (χ0n) is 22.2. The van der Waals surface area contributed by atoms with Crippen LogP contribution in [-0.4, -0.2) is 73.8 Å². The molecule has 0 spiro atoms. The number of carbonyl (C=O) groups excluding carboxylic acids is 1. The fourth-order valence-electron chi connectivity index (χ4n) is 6.52. The molecule has 1 aromatic heterocycles. The van der Waals surface area contributed by atoms with E-state index in [1.165, 1.54) is 6.92 Å². The number of halogens is 11. The summed E-state index contributed by atoms with van der Waals surface area (Å²) in [5, 5.41) is 21.2. The Balaban J connectivity index is 2.13. The van der Waals surface area contributed by atoms with Gasteiger partial charge in [0.15, 0.2) is 17.2 Å². The zero-order valence-corrected chi connectivity index (χ0v) is 22.2. The topological polar surface area (TPSA) is 80.9 Å². The van der Waals surface area contributed by atoms with E-state index in [-0.39, 0.29) is 13.5 Å². The highest BCUT2D eigenvalue weighted by atomic mass is 19.4. The van der Waals surface area contributed by atoms with Crippen molar-refractivity contribution < 1.29 is 72.8 Å². The first kappa shape index (κ1) is 31.5. The van der Waals surface area contributed by atoms with Crippen molar-refractivity contribution in [3.8, 4) is 11.8 Å². The molecular formula is C24H26F11NO5. The number of hydrogen-bond acceptors (Lipinski definition) is 5. The van der Waals surface area contributed by atoms with Crippen molar-refractivity contribution in [3.63, 3.8) is 0 Å². The summed E-state index contributed by atoms with van der Waals surface area (Å²) in [6.07, 6.45) is -13.2.